The van der Waals surface area contributed by atoms with Gasteiger partial charge in [-0.05, 0) is 43.3 Å². The van der Waals surface area contributed by atoms with E-state index < -0.39 is 11.9 Å². The molecule has 0 aliphatic rings. The summed E-state index contributed by atoms with van der Waals surface area (Å²) in [4.78, 5) is 12.1. The van der Waals surface area contributed by atoms with Gasteiger partial charge in [-0.25, -0.2) is 4.39 Å². The number of carbonyl (C=O) groups is 1. The maximum atomic E-state index is 12.8. The first-order chi connectivity index (χ1) is 10.0. The van der Waals surface area contributed by atoms with Crippen molar-refractivity contribution in [3.05, 3.63) is 64.4 Å². The molecule has 0 bridgehead atoms. The van der Waals surface area contributed by atoms with Gasteiger partial charge in [0.25, 0.3) is 0 Å². The molecular weight excluding hydrogens is 293 g/mol. The fourth-order valence-corrected chi connectivity index (χ4v) is 1.98. The second kappa shape index (κ2) is 6.38. The largest absolute Gasteiger partial charge is 0.483 e. The van der Waals surface area contributed by atoms with Crippen LogP contribution in [0, 0.1) is 17.1 Å². The Morgan fingerprint density at radius 2 is 1.95 bits per heavy atom. The summed E-state index contributed by atoms with van der Waals surface area (Å²) in [5.74, 6) is -0.281. The average molecular weight is 304 g/mol. The lowest BCUT2D eigenvalue weighted by Crippen LogP contribution is -2.23. The van der Waals surface area contributed by atoms with Crippen molar-refractivity contribution in [3.8, 4) is 11.8 Å². The van der Waals surface area contributed by atoms with Crippen molar-refractivity contribution >= 4 is 17.4 Å². The van der Waals surface area contributed by atoms with Crippen LogP contribution in [0.25, 0.3) is 0 Å². The molecule has 0 aliphatic heterocycles. The standard InChI is InChI=1S/C16H11ClFNO2/c1-10(16(20)11-2-5-13(18)6-3-11)21-14-7-4-12(9-19)15(17)8-14/h2-8,10H,1H3. The summed E-state index contributed by atoms with van der Waals surface area (Å²) in [5, 5.41) is 9.05. The molecule has 0 aliphatic carbocycles. The Balaban J connectivity index is 2.12. The third-order valence-electron chi connectivity index (χ3n) is 2.87. The minimum absolute atomic E-state index is 0.261. The van der Waals surface area contributed by atoms with E-state index >= 15 is 0 Å². The Kier molecular flexibility index (Phi) is 4.56. The topological polar surface area (TPSA) is 50.1 Å². The molecule has 0 N–H and O–H groups in total. The predicted molar refractivity (Wildman–Crippen MR) is 77.0 cm³/mol. The van der Waals surface area contributed by atoms with E-state index in [1.807, 2.05) is 6.07 Å². The van der Waals surface area contributed by atoms with E-state index in [0.717, 1.165) is 0 Å². The van der Waals surface area contributed by atoms with Gasteiger partial charge >= 0.3 is 0 Å². The number of ketones is 1. The number of Topliss-reactive ketones (excluding diaryl/α,β-unsaturated/α-hetero) is 1. The van der Waals surface area contributed by atoms with Gasteiger partial charge in [-0.15, -0.1) is 0 Å². The van der Waals surface area contributed by atoms with Crippen LogP contribution in [0.1, 0.15) is 22.8 Å². The van der Waals surface area contributed by atoms with E-state index in [9.17, 15) is 9.18 Å². The summed E-state index contributed by atoms with van der Waals surface area (Å²) in [6.45, 7) is 1.60. The van der Waals surface area contributed by atoms with Crippen molar-refractivity contribution in [2.45, 2.75) is 13.0 Å². The molecule has 2 aromatic rings. The summed E-state index contributed by atoms with van der Waals surface area (Å²) in [5.41, 5.74) is 0.699. The number of hydrogen-bond donors (Lipinski definition) is 0. The molecule has 5 heteroatoms. The molecular formula is C16H11ClFNO2. The van der Waals surface area contributed by atoms with Gasteiger partial charge in [-0.3, -0.25) is 4.79 Å². The molecule has 106 valence electrons. The maximum Gasteiger partial charge on any atom is 0.202 e. The quantitative estimate of drug-likeness (QED) is 0.802. The van der Waals surface area contributed by atoms with Crippen LogP contribution in [0.15, 0.2) is 42.5 Å². The van der Waals surface area contributed by atoms with Crippen molar-refractivity contribution in [1.82, 2.24) is 0 Å². The minimum Gasteiger partial charge on any atom is -0.483 e. The first-order valence-electron chi connectivity index (χ1n) is 6.17. The number of benzene rings is 2. The lowest BCUT2D eigenvalue weighted by atomic mass is 10.1. The lowest BCUT2D eigenvalue weighted by molar-refractivity contribution is 0.0818. The second-order valence-electron chi connectivity index (χ2n) is 4.38. The molecule has 0 spiro atoms. The second-order valence-corrected chi connectivity index (χ2v) is 4.79. The summed E-state index contributed by atoms with van der Waals surface area (Å²) in [6.07, 6.45) is -0.750. The first-order valence-corrected chi connectivity index (χ1v) is 6.55. The van der Waals surface area contributed by atoms with Gasteiger partial charge in [0.15, 0.2) is 6.10 Å². The maximum absolute atomic E-state index is 12.8. The van der Waals surface area contributed by atoms with Crippen molar-refractivity contribution in [2.75, 3.05) is 0 Å². The number of nitriles is 1. The van der Waals surface area contributed by atoms with Crippen LogP contribution in [0.2, 0.25) is 5.02 Å². The molecule has 0 heterocycles. The number of halogens is 2. The summed E-state index contributed by atoms with van der Waals surface area (Å²) in [7, 11) is 0. The van der Waals surface area contributed by atoms with Crippen LogP contribution in [0.4, 0.5) is 4.39 Å². The van der Waals surface area contributed by atoms with Crippen LogP contribution >= 0.6 is 11.6 Å². The number of rotatable bonds is 4. The molecule has 2 aromatic carbocycles. The number of ether oxygens (including phenoxy) is 1. The van der Waals surface area contributed by atoms with Gasteiger partial charge < -0.3 is 4.74 Å². The van der Waals surface area contributed by atoms with Crippen LogP contribution in [-0.2, 0) is 0 Å². The van der Waals surface area contributed by atoms with Gasteiger partial charge in [0.05, 0.1) is 10.6 Å². The van der Waals surface area contributed by atoms with Crippen LogP contribution < -0.4 is 4.74 Å². The van der Waals surface area contributed by atoms with E-state index in [0.29, 0.717) is 16.9 Å². The first kappa shape index (κ1) is 15.0. The smallest absolute Gasteiger partial charge is 0.202 e. The summed E-state index contributed by atoms with van der Waals surface area (Å²) >= 11 is 5.90. The fraction of sp³-hybridized carbons (Fsp3) is 0.125. The summed E-state index contributed by atoms with van der Waals surface area (Å²) < 4.78 is 18.3. The van der Waals surface area contributed by atoms with Crippen molar-refractivity contribution in [1.29, 1.82) is 5.26 Å². The Morgan fingerprint density at radius 1 is 1.29 bits per heavy atom. The highest BCUT2D eigenvalue weighted by Crippen LogP contribution is 2.23. The third-order valence-corrected chi connectivity index (χ3v) is 3.18. The Hall–Kier alpha value is -2.38. The zero-order chi connectivity index (χ0) is 15.4. The highest BCUT2D eigenvalue weighted by atomic mass is 35.5. The molecule has 0 aromatic heterocycles. The SMILES string of the molecule is CC(Oc1ccc(C#N)c(Cl)c1)C(=O)c1ccc(F)cc1. The monoisotopic (exact) mass is 303 g/mol. The number of carbonyl (C=O) groups excluding carboxylic acids is 1. The van der Waals surface area contributed by atoms with Crippen LogP contribution in [-0.4, -0.2) is 11.9 Å². The van der Waals surface area contributed by atoms with Gasteiger partial charge in [-0.1, -0.05) is 11.6 Å². The number of nitrogens with zero attached hydrogens (tertiary/aromatic N) is 1. The highest BCUT2D eigenvalue weighted by molar-refractivity contribution is 6.31. The van der Waals surface area contributed by atoms with Crippen molar-refractivity contribution in [2.24, 2.45) is 0 Å². The molecule has 1 atom stereocenters. The van der Waals surface area contributed by atoms with Crippen LogP contribution in [0.5, 0.6) is 5.75 Å². The van der Waals surface area contributed by atoms with Crippen LogP contribution in [0.3, 0.4) is 0 Å². The molecule has 21 heavy (non-hydrogen) atoms. The third kappa shape index (κ3) is 3.59. The normalized spacial score (nSPS) is 11.5. The molecule has 0 radical (unpaired) electrons. The fourth-order valence-electron chi connectivity index (χ4n) is 1.77. The Bertz CT molecular complexity index is 707. The Labute approximate surface area is 126 Å². The van der Waals surface area contributed by atoms with E-state index in [2.05, 4.69) is 0 Å². The minimum atomic E-state index is -0.750. The predicted octanol–water partition coefficient (Wildman–Crippen LogP) is 4.00. The average Bonchev–Trinajstić information content (AvgIpc) is 2.47. The van der Waals surface area contributed by atoms with E-state index in [4.69, 9.17) is 21.6 Å². The molecule has 0 amide bonds. The summed E-state index contributed by atoms with van der Waals surface area (Å²) in [6, 6.07) is 11.8. The van der Waals surface area contributed by atoms with E-state index in [1.54, 1.807) is 13.0 Å². The molecule has 3 nitrogen and oxygen atoms in total. The zero-order valence-electron chi connectivity index (χ0n) is 11.1. The van der Waals surface area contributed by atoms with Gasteiger partial charge in [0, 0.05) is 11.6 Å². The highest BCUT2D eigenvalue weighted by Gasteiger charge is 2.17. The Morgan fingerprint density at radius 3 is 2.52 bits per heavy atom. The van der Waals surface area contributed by atoms with E-state index in [-0.39, 0.29) is 10.8 Å². The molecule has 2 rings (SSSR count). The molecule has 0 saturated carbocycles. The van der Waals surface area contributed by atoms with Gasteiger partial charge in [0.1, 0.15) is 17.6 Å². The zero-order valence-corrected chi connectivity index (χ0v) is 11.9. The molecule has 1 unspecified atom stereocenters. The molecule has 0 saturated heterocycles. The van der Waals surface area contributed by atoms with Gasteiger partial charge in [0.2, 0.25) is 5.78 Å². The molecule has 0 fully saturated rings. The van der Waals surface area contributed by atoms with Crippen molar-refractivity contribution in [3.63, 3.8) is 0 Å². The van der Waals surface area contributed by atoms with Crippen molar-refractivity contribution < 1.29 is 13.9 Å². The van der Waals surface area contributed by atoms with Gasteiger partial charge in [-0.2, -0.15) is 5.26 Å². The van der Waals surface area contributed by atoms with E-state index in [1.165, 1.54) is 36.4 Å². The number of hydrogen-bond acceptors (Lipinski definition) is 3. The lowest BCUT2D eigenvalue weighted by Gasteiger charge is -2.14.